The standard InChI is InChI=1S/C20H26OSi/c1-6-17(2)21-22(20(3,4)5,18-13-9-7-10-14-18)19-15-11-8-12-16-19/h6-16H,1-5H3/b17-6-. The van der Waals surface area contributed by atoms with Crippen LogP contribution in [0.2, 0.25) is 5.04 Å². The lowest BCUT2D eigenvalue weighted by molar-refractivity contribution is 0.398. The second-order valence-corrected chi connectivity index (χ2v) is 10.9. The van der Waals surface area contributed by atoms with Gasteiger partial charge in [-0.2, -0.15) is 0 Å². The Kier molecular flexibility index (Phi) is 4.92. The molecule has 0 saturated heterocycles. The summed E-state index contributed by atoms with van der Waals surface area (Å²) in [6, 6.07) is 21.4. The number of benzene rings is 2. The van der Waals surface area contributed by atoms with Gasteiger partial charge in [-0.05, 0) is 29.3 Å². The van der Waals surface area contributed by atoms with Crippen molar-refractivity contribution in [3.05, 3.63) is 72.5 Å². The van der Waals surface area contributed by atoms with Crippen LogP contribution in [0, 0.1) is 0 Å². The average Bonchev–Trinajstić information content (AvgIpc) is 2.52. The van der Waals surface area contributed by atoms with E-state index in [2.05, 4.69) is 94.4 Å². The maximum Gasteiger partial charge on any atom is 0.319 e. The van der Waals surface area contributed by atoms with E-state index in [0.717, 1.165) is 5.76 Å². The third-order valence-corrected chi connectivity index (χ3v) is 9.17. The summed E-state index contributed by atoms with van der Waals surface area (Å²) in [6.45, 7) is 11.0. The Morgan fingerprint density at radius 1 is 0.864 bits per heavy atom. The molecule has 1 nitrogen and oxygen atoms in total. The molecular weight excluding hydrogens is 284 g/mol. The number of allylic oxidation sites excluding steroid dienone is 2. The molecule has 0 aliphatic rings. The smallest absolute Gasteiger partial charge is 0.319 e. The highest BCUT2D eigenvalue weighted by Crippen LogP contribution is 2.37. The zero-order chi connectivity index (χ0) is 16.2. The van der Waals surface area contributed by atoms with Crippen molar-refractivity contribution in [2.75, 3.05) is 0 Å². The second-order valence-electron chi connectivity index (χ2n) is 6.66. The van der Waals surface area contributed by atoms with Crippen LogP contribution in [-0.4, -0.2) is 8.32 Å². The molecule has 0 spiro atoms. The molecule has 0 radical (unpaired) electrons. The summed E-state index contributed by atoms with van der Waals surface area (Å²) in [5.74, 6) is 0.995. The summed E-state index contributed by atoms with van der Waals surface area (Å²) >= 11 is 0. The molecule has 0 amide bonds. The summed E-state index contributed by atoms with van der Waals surface area (Å²) in [5.41, 5.74) is 0. The van der Waals surface area contributed by atoms with Crippen LogP contribution in [0.3, 0.4) is 0 Å². The largest absolute Gasteiger partial charge is 0.538 e. The molecule has 0 heterocycles. The third-order valence-electron chi connectivity index (χ3n) is 4.14. The van der Waals surface area contributed by atoms with Crippen molar-refractivity contribution in [1.82, 2.24) is 0 Å². The fourth-order valence-corrected chi connectivity index (χ4v) is 7.48. The van der Waals surface area contributed by atoms with Crippen molar-refractivity contribution in [2.24, 2.45) is 0 Å². The predicted molar refractivity (Wildman–Crippen MR) is 98.1 cm³/mol. The van der Waals surface area contributed by atoms with Crippen molar-refractivity contribution >= 4 is 18.7 Å². The van der Waals surface area contributed by atoms with Crippen molar-refractivity contribution in [3.63, 3.8) is 0 Å². The molecule has 116 valence electrons. The molecule has 2 aromatic rings. The molecule has 0 unspecified atom stereocenters. The Labute approximate surface area is 135 Å². The first-order chi connectivity index (χ1) is 10.4. The molecule has 2 rings (SSSR count). The van der Waals surface area contributed by atoms with Gasteiger partial charge in [0, 0.05) is 0 Å². The molecule has 22 heavy (non-hydrogen) atoms. The lowest BCUT2D eigenvalue weighted by atomic mass is 10.2. The van der Waals surface area contributed by atoms with E-state index in [1.54, 1.807) is 0 Å². The van der Waals surface area contributed by atoms with Crippen LogP contribution in [0.1, 0.15) is 34.6 Å². The molecule has 0 bridgehead atoms. The van der Waals surface area contributed by atoms with Gasteiger partial charge in [0.05, 0.1) is 5.76 Å². The number of rotatable bonds is 4. The van der Waals surface area contributed by atoms with Crippen molar-refractivity contribution in [2.45, 2.75) is 39.7 Å². The molecule has 0 aromatic heterocycles. The number of hydrogen-bond donors (Lipinski definition) is 0. The SMILES string of the molecule is C/C=C(/C)O[Si](c1ccccc1)(c1ccccc1)C(C)(C)C. The lowest BCUT2D eigenvalue weighted by Gasteiger charge is -2.43. The fourth-order valence-electron chi connectivity index (χ4n) is 2.95. The van der Waals surface area contributed by atoms with Crippen LogP contribution in [0.4, 0.5) is 0 Å². The van der Waals surface area contributed by atoms with E-state index in [4.69, 9.17) is 4.43 Å². The molecule has 2 heteroatoms. The minimum Gasteiger partial charge on any atom is -0.538 e. The zero-order valence-electron chi connectivity index (χ0n) is 14.3. The minimum absolute atomic E-state index is 0.0278. The van der Waals surface area contributed by atoms with Gasteiger partial charge in [0.15, 0.2) is 0 Å². The van der Waals surface area contributed by atoms with E-state index in [1.807, 2.05) is 6.92 Å². The Balaban J connectivity index is 2.75. The first-order valence-corrected chi connectivity index (χ1v) is 9.75. The Bertz CT molecular complexity index is 584. The lowest BCUT2D eigenvalue weighted by Crippen LogP contribution is -2.66. The zero-order valence-corrected chi connectivity index (χ0v) is 15.3. The third kappa shape index (κ3) is 3.02. The number of hydrogen-bond acceptors (Lipinski definition) is 1. The van der Waals surface area contributed by atoms with Gasteiger partial charge in [-0.25, -0.2) is 0 Å². The van der Waals surface area contributed by atoms with Crippen molar-refractivity contribution < 1.29 is 4.43 Å². The van der Waals surface area contributed by atoms with Gasteiger partial charge in [-0.15, -0.1) is 0 Å². The van der Waals surface area contributed by atoms with Crippen molar-refractivity contribution in [1.29, 1.82) is 0 Å². The summed E-state index contributed by atoms with van der Waals surface area (Å²) in [5, 5.41) is 2.66. The summed E-state index contributed by atoms with van der Waals surface area (Å²) in [7, 11) is -2.40. The van der Waals surface area contributed by atoms with E-state index < -0.39 is 8.32 Å². The fraction of sp³-hybridized carbons (Fsp3) is 0.300. The van der Waals surface area contributed by atoms with Gasteiger partial charge in [0.25, 0.3) is 0 Å². The Morgan fingerprint density at radius 2 is 1.27 bits per heavy atom. The molecule has 0 atom stereocenters. The maximum atomic E-state index is 6.72. The molecule has 0 fully saturated rings. The highest BCUT2D eigenvalue weighted by atomic mass is 28.4. The topological polar surface area (TPSA) is 9.23 Å². The van der Waals surface area contributed by atoms with E-state index in [0.29, 0.717) is 0 Å². The molecule has 0 aliphatic heterocycles. The first kappa shape index (κ1) is 16.6. The Morgan fingerprint density at radius 3 is 1.59 bits per heavy atom. The molecule has 0 aliphatic carbocycles. The van der Waals surface area contributed by atoms with Gasteiger partial charge in [-0.1, -0.05) is 87.5 Å². The second kappa shape index (κ2) is 6.53. The van der Waals surface area contributed by atoms with Crippen LogP contribution < -0.4 is 10.4 Å². The molecular formula is C20H26OSi. The van der Waals surface area contributed by atoms with Crippen LogP contribution in [0.15, 0.2) is 72.5 Å². The van der Waals surface area contributed by atoms with Gasteiger partial charge in [0.2, 0.25) is 0 Å². The van der Waals surface area contributed by atoms with Gasteiger partial charge < -0.3 is 4.43 Å². The summed E-state index contributed by atoms with van der Waals surface area (Å²) < 4.78 is 6.72. The van der Waals surface area contributed by atoms with Gasteiger partial charge in [-0.3, -0.25) is 0 Å². The van der Waals surface area contributed by atoms with Gasteiger partial charge in [0.1, 0.15) is 0 Å². The first-order valence-electron chi connectivity index (χ1n) is 7.85. The normalized spacial score (nSPS) is 13.0. The monoisotopic (exact) mass is 310 g/mol. The Hall–Kier alpha value is -1.80. The van der Waals surface area contributed by atoms with Gasteiger partial charge >= 0.3 is 8.32 Å². The quantitative estimate of drug-likeness (QED) is 0.597. The van der Waals surface area contributed by atoms with Crippen LogP contribution in [0.5, 0.6) is 0 Å². The van der Waals surface area contributed by atoms with E-state index in [-0.39, 0.29) is 5.04 Å². The maximum absolute atomic E-state index is 6.72. The van der Waals surface area contributed by atoms with E-state index in [9.17, 15) is 0 Å². The van der Waals surface area contributed by atoms with E-state index >= 15 is 0 Å². The summed E-state index contributed by atoms with van der Waals surface area (Å²) in [6.07, 6.45) is 2.05. The highest BCUT2D eigenvalue weighted by Gasteiger charge is 2.51. The minimum atomic E-state index is -2.40. The average molecular weight is 311 g/mol. The van der Waals surface area contributed by atoms with Crippen LogP contribution >= 0.6 is 0 Å². The highest BCUT2D eigenvalue weighted by molar-refractivity contribution is 6.99. The predicted octanol–water partition coefficient (Wildman–Crippen LogP) is 4.49. The van der Waals surface area contributed by atoms with E-state index in [1.165, 1.54) is 10.4 Å². The van der Waals surface area contributed by atoms with Crippen LogP contribution in [0.25, 0.3) is 0 Å². The van der Waals surface area contributed by atoms with Crippen molar-refractivity contribution in [3.8, 4) is 0 Å². The molecule has 2 aromatic carbocycles. The summed E-state index contributed by atoms with van der Waals surface area (Å²) in [4.78, 5) is 0. The molecule has 0 N–H and O–H groups in total. The molecule has 0 saturated carbocycles. The van der Waals surface area contributed by atoms with Crippen LogP contribution in [-0.2, 0) is 4.43 Å².